The van der Waals surface area contributed by atoms with Crippen LogP contribution in [0.15, 0.2) is 0 Å². The molecular formula is C10H18O. The van der Waals surface area contributed by atoms with Gasteiger partial charge in [0.15, 0.2) is 0 Å². The zero-order valence-electron chi connectivity index (χ0n) is 7.55. The van der Waals surface area contributed by atoms with E-state index < -0.39 is 0 Å². The first-order chi connectivity index (χ1) is 5.29. The number of ether oxygens (including phenoxy) is 1. The molecule has 11 heavy (non-hydrogen) atoms. The summed E-state index contributed by atoms with van der Waals surface area (Å²) in [5.74, 6) is 3.64. The van der Waals surface area contributed by atoms with Crippen LogP contribution >= 0.6 is 0 Å². The van der Waals surface area contributed by atoms with Gasteiger partial charge in [0.05, 0.1) is 0 Å². The lowest BCUT2D eigenvalue weighted by Gasteiger charge is -2.32. The maximum Gasteiger partial charge on any atom is 0.0497 e. The molecule has 2 rings (SSSR count). The van der Waals surface area contributed by atoms with Crippen molar-refractivity contribution in [3.05, 3.63) is 0 Å². The van der Waals surface area contributed by atoms with Gasteiger partial charge in [-0.05, 0) is 36.5 Å². The summed E-state index contributed by atoms with van der Waals surface area (Å²) in [5.41, 5.74) is 0. The quantitative estimate of drug-likeness (QED) is 0.563. The van der Waals surface area contributed by atoms with E-state index in [4.69, 9.17) is 4.74 Å². The summed E-state index contributed by atoms with van der Waals surface area (Å²) < 4.78 is 5.54. The number of hydrogen-bond acceptors (Lipinski definition) is 1. The minimum atomic E-state index is 0.872. The van der Waals surface area contributed by atoms with Gasteiger partial charge in [-0.2, -0.15) is 0 Å². The van der Waals surface area contributed by atoms with Gasteiger partial charge in [-0.1, -0.05) is 13.8 Å². The summed E-state index contributed by atoms with van der Waals surface area (Å²) >= 11 is 0. The molecule has 1 heterocycles. The highest BCUT2D eigenvalue weighted by molar-refractivity contribution is 4.89. The van der Waals surface area contributed by atoms with Crippen LogP contribution in [0.1, 0.15) is 26.7 Å². The van der Waals surface area contributed by atoms with Gasteiger partial charge in [0.2, 0.25) is 0 Å². The van der Waals surface area contributed by atoms with Crippen molar-refractivity contribution in [1.29, 1.82) is 0 Å². The molecule has 0 amide bonds. The van der Waals surface area contributed by atoms with E-state index in [1.165, 1.54) is 12.8 Å². The Kier molecular flexibility index (Phi) is 1.92. The van der Waals surface area contributed by atoms with E-state index in [0.29, 0.717) is 0 Å². The third-order valence-electron chi connectivity index (χ3n) is 3.43. The Labute approximate surface area is 69.1 Å². The average molecular weight is 154 g/mol. The largest absolute Gasteiger partial charge is 0.381 e. The van der Waals surface area contributed by atoms with Gasteiger partial charge < -0.3 is 4.74 Å². The molecule has 64 valence electrons. The third-order valence-corrected chi connectivity index (χ3v) is 3.43. The van der Waals surface area contributed by atoms with Gasteiger partial charge >= 0.3 is 0 Å². The van der Waals surface area contributed by atoms with Gasteiger partial charge in [0.25, 0.3) is 0 Å². The molecule has 0 spiro atoms. The molecule has 1 aliphatic carbocycles. The molecule has 2 fully saturated rings. The van der Waals surface area contributed by atoms with Crippen LogP contribution in [0.5, 0.6) is 0 Å². The molecular weight excluding hydrogens is 136 g/mol. The van der Waals surface area contributed by atoms with Crippen molar-refractivity contribution in [1.82, 2.24) is 0 Å². The standard InChI is InChI=1S/C10H18O/c1-7(2)10-8-3-4-9(10)6-11-5-8/h7-10H,3-6H2,1-2H3. The Balaban J connectivity index is 2.09. The van der Waals surface area contributed by atoms with Crippen LogP contribution in [0.4, 0.5) is 0 Å². The number of rotatable bonds is 1. The van der Waals surface area contributed by atoms with Crippen molar-refractivity contribution in [2.75, 3.05) is 13.2 Å². The lowest BCUT2D eigenvalue weighted by Crippen LogP contribution is -2.32. The Morgan fingerprint density at radius 3 is 2.00 bits per heavy atom. The van der Waals surface area contributed by atoms with E-state index in [1.807, 2.05) is 0 Å². The maximum absolute atomic E-state index is 5.54. The second-order valence-corrected chi connectivity index (χ2v) is 4.46. The van der Waals surface area contributed by atoms with Crippen molar-refractivity contribution in [3.63, 3.8) is 0 Å². The molecule has 0 N–H and O–H groups in total. The fourth-order valence-electron chi connectivity index (χ4n) is 3.05. The van der Waals surface area contributed by atoms with Crippen molar-refractivity contribution in [2.45, 2.75) is 26.7 Å². The highest BCUT2D eigenvalue weighted by Gasteiger charge is 2.40. The van der Waals surface area contributed by atoms with Crippen molar-refractivity contribution in [3.8, 4) is 0 Å². The second kappa shape index (κ2) is 2.78. The Bertz CT molecular complexity index is 126. The third kappa shape index (κ3) is 1.20. The first-order valence-electron chi connectivity index (χ1n) is 4.87. The van der Waals surface area contributed by atoms with E-state index in [2.05, 4.69) is 13.8 Å². The fraction of sp³-hybridized carbons (Fsp3) is 1.00. The Morgan fingerprint density at radius 1 is 1.09 bits per heavy atom. The number of hydrogen-bond donors (Lipinski definition) is 0. The molecule has 2 bridgehead atoms. The molecule has 1 nitrogen and oxygen atoms in total. The van der Waals surface area contributed by atoms with Crippen LogP contribution in [0.3, 0.4) is 0 Å². The maximum atomic E-state index is 5.54. The van der Waals surface area contributed by atoms with Gasteiger partial charge in [-0.25, -0.2) is 0 Å². The molecule has 2 unspecified atom stereocenters. The normalized spacial score (nSPS) is 43.4. The SMILES string of the molecule is CC(C)C1C2CCC1COC2. The summed E-state index contributed by atoms with van der Waals surface area (Å²) in [4.78, 5) is 0. The molecule has 2 aliphatic rings. The lowest BCUT2D eigenvalue weighted by molar-refractivity contribution is -0.00875. The molecule has 0 aromatic rings. The lowest BCUT2D eigenvalue weighted by atomic mass is 9.80. The fourth-order valence-corrected chi connectivity index (χ4v) is 3.05. The summed E-state index contributed by atoms with van der Waals surface area (Å²) in [6, 6.07) is 0. The van der Waals surface area contributed by atoms with E-state index in [0.717, 1.165) is 36.9 Å². The van der Waals surface area contributed by atoms with Crippen LogP contribution in [0.25, 0.3) is 0 Å². The van der Waals surface area contributed by atoms with E-state index >= 15 is 0 Å². The van der Waals surface area contributed by atoms with E-state index in [9.17, 15) is 0 Å². The van der Waals surface area contributed by atoms with Crippen LogP contribution in [0.2, 0.25) is 0 Å². The molecule has 0 aromatic carbocycles. The van der Waals surface area contributed by atoms with Gasteiger partial charge in [-0.15, -0.1) is 0 Å². The minimum absolute atomic E-state index is 0.872. The summed E-state index contributed by atoms with van der Waals surface area (Å²) in [5, 5.41) is 0. The Hall–Kier alpha value is -0.0400. The molecule has 1 saturated heterocycles. The molecule has 0 radical (unpaired) electrons. The van der Waals surface area contributed by atoms with Crippen molar-refractivity contribution < 1.29 is 4.74 Å². The van der Waals surface area contributed by atoms with E-state index in [-0.39, 0.29) is 0 Å². The summed E-state index contributed by atoms with van der Waals surface area (Å²) in [6.45, 7) is 6.81. The van der Waals surface area contributed by atoms with Crippen LogP contribution in [-0.4, -0.2) is 13.2 Å². The highest BCUT2D eigenvalue weighted by atomic mass is 16.5. The predicted octanol–water partition coefficient (Wildman–Crippen LogP) is 2.32. The second-order valence-electron chi connectivity index (χ2n) is 4.46. The summed E-state index contributed by atoms with van der Waals surface area (Å²) in [6.07, 6.45) is 2.85. The average Bonchev–Trinajstić information content (AvgIpc) is 2.23. The first kappa shape index (κ1) is 7.60. The van der Waals surface area contributed by atoms with Crippen LogP contribution in [-0.2, 0) is 4.74 Å². The number of fused-ring (bicyclic) bond motifs is 2. The minimum Gasteiger partial charge on any atom is -0.381 e. The molecule has 2 atom stereocenters. The van der Waals surface area contributed by atoms with E-state index in [1.54, 1.807) is 0 Å². The molecule has 0 aromatic heterocycles. The van der Waals surface area contributed by atoms with Gasteiger partial charge in [0, 0.05) is 13.2 Å². The van der Waals surface area contributed by atoms with Gasteiger partial charge in [0.1, 0.15) is 0 Å². The smallest absolute Gasteiger partial charge is 0.0497 e. The van der Waals surface area contributed by atoms with Crippen molar-refractivity contribution in [2.24, 2.45) is 23.7 Å². The zero-order valence-corrected chi connectivity index (χ0v) is 7.55. The van der Waals surface area contributed by atoms with Gasteiger partial charge in [-0.3, -0.25) is 0 Å². The predicted molar refractivity (Wildman–Crippen MR) is 45.4 cm³/mol. The Morgan fingerprint density at radius 2 is 1.64 bits per heavy atom. The van der Waals surface area contributed by atoms with Crippen LogP contribution in [0, 0.1) is 23.7 Å². The summed E-state index contributed by atoms with van der Waals surface area (Å²) in [7, 11) is 0. The van der Waals surface area contributed by atoms with Crippen molar-refractivity contribution >= 4 is 0 Å². The van der Waals surface area contributed by atoms with Crippen LogP contribution < -0.4 is 0 Å². The zero-order chi connectivity index (χ0) is 7.84. The highest BCUT2D eigenvalue weighted by Crippen LogP contribution is 2.44. The monoisotopic (exact) mass is 154 g/mol. The molecule has 1 saturated carbocycles. The molecule has 1 heteroatoms. The topological polar surface area (TPSA) is 9.23 Å². The molecule has 1 aliphatic heterocycles. The first-order valence-corrected chi connectivity index (χ1v) is 4.87.